The van der Waals surface area contributed by atoms with E-state index in [1.54, 1.807) is 0 Å². The van der Waals surface area contributed by atoms with Crippen molar-refractivity contribution in [1.29, 1.82) is 0 Å². The Morgan fingerprint density at radius 2 is 1.85 bits per heavy atom. The monoisotopic (exact) mass is 372 g/mol. The molecular weight excluding hydrogens is 344 g/mol. The Morgan fingerprint density at radius 1 is 1.15 bits per heavy atom. The summed E-state index contributed by atoms with van der Waals surface area (Å²) in [6.07, 6.45) is 2.25. The third-order valence-electron chi connectivity index (χ3n) is 4.39. The van der Waals surface area contributed by atoms with Crippen LogP contribution in [0.3, 0.4) is 0 Å². The van der Waals surface area contributed by atoms with E-state index in [1.165, 1.54) is 4.90 Å². The Kier molecular flexibility index (Phi) is 9.00. The minimum Gasteiger partial charge on any atom is -0.481 e. The molecule has 0 aliphatic carbocycles. The highest BCUT2D eigenvalue weighted by Crippen LogP contribution is 2.19. The van der Waals surface area contributed by atoms with Crippen molar-refractivity contribution in [1.82, 2.24) is 10.2 Å². The van der Waals surface area contributed by atoms with E-state index >= 15 is 0 Å². The fourth-order valence-electron chi connectivity index (χ4n) is 2.94. The number of unbranched alkanes of at least 4 members (excludes halogenated alkanes) is 1. The maximum absolute atomic E-state index is 12.5. The Labute approximate surface area is 151 Å². The molecule has 0 unspecified atom stereocenters. The zero-order valence-corrected chi connectivity index (χ0v) is 14.7. The topological polar surface area (TPSA) is 176 Å². The highest BCUT2D eigenvalue weighted by Gasteiger charge is 2.37. The van der Waals surface area contributed by atoms with Gasteiger partial charge in [-0.2, -0.15) is 0 Å². The van der Waals surface area contributed by atoms with Crippen LogP contribution in [0, 0.1) is 0 Å². The van der Waals surface area contributed by atoms with E-state index in [4.69, 9.17) is 16.6 Å². The van der Waals surface area contributed by atoms with Crippen LogP contribution in [-0.4, -0.2) is 70.1 Å². The van der Waals surface area contributed by atoms with Crippen molar-refractivity contribution in [2.45, 2.75) is 63.1 Å². The van der Waals surface area contributed by atoms with E-state index < -0.39 is 41.9 Å². The first-order valence-electron chi connectivity index (χ1n) is 8.79. The van der Waals surface area contributed by atoms with Crippen molar-refractivity contribution in [3.63, 3.8) is 0 Å². The fourth-order valence-corrected chi connectivity index (χ4v) is 2.94. The largest absolute Gasteiger partial charge is 0.481 e. The molecule has 0 aromatic heterocycles. The van der Waals surface area contributed by atoms with Gasteiger partial charge in [0.25, 0.3) is 0 Å². The Morgan fingerprint density at radius 3 is 2.42 bits per heavy atom. The van der Waals surface area contributed by atoms with Gasteiger partial charge in [-0.15, -0.1) is 0 Å². The van der Waals surface area contributed by atoms with Crippen LogP contribution in [0.4, 0.5) is 0 Å². The SMILES string of the molecule is NCCCC[C@H](NC(=O)[C@@H]1CCCN1C(=O)[C@@H](N)CCC(=O)O)C(=O)O. The Balaban J connectivity index is 2.66. The van der Waals surface area contributed by atoms with Crippen LogP contribution in [-0.2, 0) is 19.2 Å². The molecule has 148 valence electrons. The van der Waals surface area contributed by atoms with Crippen molar-refractivity contribution in [3.05, 3.63) is 0 Å². The van der Waals surface area contributed by atoms with Gasteiger partial charge >= 0.3 is 11.9 Å². The van der Waals surface area contributed by atoms with Crippen molar-refractivity contribution in [3.8, 4) is 0 Å². The number of likely N-dealkylation sites (tertiary alicyclic amines) is 1. The molecule has 1 heterocycles. The van der Waals surface area contributed by atoms with Gasteiger partial charge in [0.05, 0.1) is 6.04 Å². The second-order valence-corrected chi connectivity index (χ2v) is 6.41. The number of aliphatic carboxylic acids is 2. The number of rotatable bonds is 11. The van der Waals surface area contributed by atoms with Crippen molar-refractivity contribution >= 4 is 23.8 Å². The van der Waals surface area contributed by atoms with E-state index in [2.05, 4.69) is 5.32 Å². The quantitative estimate of drug-likeness (QED) is 0.283. The molecule has 1 saturated heterocycles. The molecule has 0 spiro atoms. The summed E-state index contributed by atoms with van der Waals surface area (Å²) in [6.45, 7) is 0.780. The van der Waals surface area contributed by atoms with Crippen molar-refractivity contribution < 1.29 is 29.4 Å². The number of nitrogens with two attached hydrogens (primary N) is 2. The summed E-state index contributed by atoms with van der Waals surface area (Å²) in [4.78, 5) is 48.1. The lowest BCUT2D eigenvalue weighted by Crippen LogP contribution is -2.53. The van der Waals surface area contributed by atoms with E-state index in [-0.39, 0.29) is 19.3 Å². The zero-order chi connectivity index (χ0) is 19.7. The van der Waals surface area contributed by atoms with E-state index in [1.807, 2.05) is 0 Å². The Hall–Kier alpha value is -2.20. The normalized spacial score (nSPS) is 19.0. The summed E-state index contributed by atoms with van der Waals surface area (Å²) in [6, 6.07) is -2.82. The van der Waals surface area contributed by atoms with Gasteiger partial charge in [-0.05, 0) is 45.1 Å². The second-order valence-electron chi connectivity index (χ2n) is 6.41. The molecule has 0 aromatic rings. The number of carboxylic acid groups (broad SMARTS) is 2. The number of hydrogen-bond donors (Lipinski definition) is 5. The predicted octanol–water partition coefficient (Wildman–Crippen LogP) is -1.13. The molecule has 0 saturated carbocycles. The summed E-state index contributed by atoms with van der Waals surface area (Å²) in [5.41, 5.74) is 11.1. The van der Waals surface area contributed by atoms with Gasteiger partial charge in [-0.1, -0.05) is 0 Å². The number of hydrogen-bond acceptors (Lipinski definition) is 6. The van der Waals surface area contributed by atoms with E-state index in [9.17, 15) is 24.3 Å². The fraction of sp³-hybridized carbons (Fsp3) is 0.750. The molecule has 7 N–H and O–H groups in total. The van der Waals surface area contributed by atoms with Gasteiger partial charge in [-0.3, -0.25) is 14.4 Å². The number of carboxylic acids is 2. The van der Waals surface area contributed by atoms with Gasteiger partial charge in [0.1, 0.15) is 12.1 Å². The van der Waals surface area contributed by atoms with Crippen LogP contribution < -0.4 is 16.8 Å². The molecule has 10 nitrogen and oxygen atoms in total. The van der Waals surface area contributed by atoms with Crippen LogP contribution in [0.2, 0.25) is 0 Å². The number of carbonyl (C=O) groups is 4. The molecule has 3 atom stereocenters. The third-order valence-corrected chi connectivity index (χ3v) is 4.39. The maximum Gasteiger partial charge on any atom is 0.326 e. The molecule has 10 heteroatoms. The van der Waals surface area contributed by atoms with Gasteiger partial charge in [-0.25, -0.2) is 4.79 Å². The van der Waals surface area contributed by atoms with Crippen LogP contribution in [0.1, 0.15) is 44.9 Å². The summed E-state index contributed by atoms with van der Waals surface area (Å²) in [5, 5.41) is 20.4. The predicted molar refractivity (Wildman–Crippen MR) is 92.1 cm³/mol. The van der Waals surface area contributed by atoms with E-state index in [0.717, 1.165) is 0 Å². The Bertz CT molecular complexity index is 527. The smallest absolute Gasteiger partial charge is 0.326 e. The second kappa shape index (κ2) is 10.7. The standard InChI is InChI=1S/C16H28N4O6/c17-8-2-1-4-11(16(25)26)19-14(23)12-5-3-9-20(12)15(24)10(18)6-7-13(21)22/h10-12H,1-9,17-18H2,(H,19,23)(H,21,22)(H,25,26)/t10-,11-,12-/m0/s1. The number of carbonyl (C=O) groups excluding carboxylic acids is 2. The molecule has 26 heavy (non-hydrogen) atoms. The average Bonchev–Trinajstić information content (AvgIpc) is 3.07. The van der Waals surface area contributed by atoms with E-state index in [0.29, 0.717) is 38.8 Å². The molecule has 0 radical (unpaired) electrons. The van der Waals surface area contributed by atoms with Gasteiger partial charge in [0.15, 0.2) is 0 Å². The summed E-state index contributed by atoms with van der Waals surface area (Å²) < 4.78 is 0. The van der Waals surface area contributed by atoms with Crippen molar-refractivity contribution in [2.75, 3.05) is 13.1 Å². The van der Waals surface area contributed by atoms with Crippen LogP contribution in [0.15, 0.2) is 0 Å². The minimum atomic E-state index is -1.13. The molecule has 1 rings (SSSR count). The first-order valence-corrected chi connectivity index (χ1v) is 8.79. The highest BCUT2D eigenvalue weighted by molar-refractivity contribution is 5.92. The zero-order valence-electron chi connectivity index (χ0n) is 14.7. The maximum atomic E-state index is 12.5. The number of nitrogens with zero attached hydrogens (tertiary/aromatic N) is 1. The number of nitrogens with one attached hydrogen (secondary N) is 1. The molecule has 1 fully saturated rings. The average molecular weight is 372 g/mol. The molecule has 0 bridgehead atoms. The minimum absolute atomic E-state index is 0.0180. The lowest BCUT2D eigenvalue weighted by atomic mass is 10.1. The molecule has 0 aromatic carbocycles. The molecule has 2 amide bonds. The first-order chi connectivity index (χ1) is 12.3. The van der Waals surface area contributed by atoms with Crippen LogP contribution >= 0.6 is 0 Å². The van der Waals surface area contributed by atoms with Crippen LogP contribution in [0.25, 0.3) is 0 Å². The molecule has 1 aliphatic heterocycles. The van der Waals surface area contributed by atoms with Gasteiger partial charge in [0.2, 0.25) is 11.8 Å². The van der Waals surface area contributed by atoms with Gasteiger partial charge < -0.3 is 31.9 Å². The van der Waals surface area contributed by atoms with Gasteiger partial charge in [0, 0.05) is 13.0 Å². The highest BCUT2D eigenvalue weighted by atomic mass is 16.4. The lowest BCUT2D eigenvalue weighted by molar-refractivity contribution is -0.144. The molecule has 1 aliphatic rings. The van der Waals surface area contributed by atoms with Crippen LogP contribution in [0.5, 0.6) is 0 Å². The molecular formula is C16H28N4O6. The summed E-state index contributed by atoms with van der Waals surface area (Å²) in [5.74, 6) is -3.20. The number of amides is 2. The summed E-state index contributed by atoms with van der Waals surface area (Å²) >= 11 is 0. The third kappa shape index (κ3) is 6.60. The van der Waals surface area contributed by atoms with Crippen molar-refractivity contribution in [2.24, 2.45) is 11.5 Å². The first kappa shape index (κ1) is 21.8. The summed E-state index contributed by atoms with van der Waals surface area (Å²) in [7, 11) is 0. The lowest BCUT2D eigenvalue weighted by Gasteiger charge is -2.27.